The van der Waals surface area contributed by atoms with Gasteiger partial charge in [-0.3, -0.25) is 4.79 Å². The maximum Gasteiger partial charge on any atom is 0.258 e. The second kappa shape index (κ2) is 6.14. The molecule has 1 N–H and O–H groups in total. The number of rotatable bonds is 4. The van der Waals surface area contributed by atoms with Crippen molar-refractivity contribution in [1.82, 2.24) is 5.32 Å². The molecule has 1 aliphatic rings. The highest BCUT2D eigenvalue weighted by Crippen LogP contribution is 2.28. The molecule has 0 aliphatic carbocycles. The number of carbonyl (C=O) groups is 1. The summed E-state index contributed by atoms with van der Waals surface area (Å²) < 4.78 is 29.1. The van der Waals surface area contributed by atoms with Gasteiger partial charge in [-0.2, -0.15) is 0 Å². The number of hydrogen-bond donors (Lipinski definition) is 1. The highest BCUT2D eigenvalue weighted by Gasteiger charge is 2.39. The highest BCUT2D eigenvalue weighted by molar-refractivity contribution is 9.10. The first kappa shape index (κ1) is 16.6. The van der Waals surface area contributed by atoms with Crippen LogP contribution < -0.4 is 10.1 Å². The molecule has 0 saturated carbocycles. The van der Waals surface area contributed by atoms with E-state index in [1.165, 1.54) is 0 Å². The minimum atomic E-state index is -3.06. The Morgan fingerprint density at radius 3 is 2.81 bits per heavy atom. The quantitative estimate of drug-likeness (QED) is 0.846. The number of halogens is 2. The molecule has 1 aliphatic heterocycles. The number of ether oxygens (including phenoxy) is 1. The molecule has 0 bridgehead atoms. The lowest BCUT2D eigenvalue weighted by Gasteiger charge is -2.23. The fourth-order valence-corrected chi connectivity index (χ4v) is 5.04. The van der Waals surface area contributed by atoms with Gasteiger partial charge in [0.25, 0.3) is 5.91 Å². The number of carbonyl (C=O) groups excluding carboxylic acids is 1. The standard InChI is InChI=1S/C13H15BrClNO4S/c1-13(4-5-21(18,19)8-13)16-12(17)7-20-11-3-2-9(14)6-10(11)15/h2-3,6H,4-5,7-8H2,1H3,(H,16,17)/t13-/m1/s1. The van der Waals surface area contributed by atoms with Crippen LogP contribution in [0.25, 0.3) is 0 Å². The van der Waals surface area contributed by atoms with Crippen molar-refractivity contribution in [1.29, 1.82) is 0 Å². The minimum absolute atomic E-state index is 0.0369. The van der Waals surface area contributed by atoms with E-state index in [0.29, 0.717) is 17.2 Å². The topological polar surface area (TPSA) is 72.5 Å². The first-order chi connectivity index (χ1) is 9.69. The van der Waals surface area contributed by atoms with Crippen molar-refractivity contribution in [2.75, 3.05) is 18.1 Å². The summed E-state index contributed by atoms with van der Waals surface area (Å²) in [5.41, 5.74) is -0.719. The molecular weight excluding hydrogens is 382 g/mol. The normalized spacial score (nSPS) is 23.8. The Bertz CT molecular complexity index is 664. The van der Waals surface area contributed by atoms with E-state index >= 15 is 0 Å². The molecule has 1 amide bonds. The molecule has 1 saturated heterocycles. The van der Waals surface area contributed by atoms with Crippen LogP contribution in [-0.4, -0.2) is 38.0 Å². The van der Waals surface area contributed by atoms with E-state index in [0.717, 1.165) is 4.47 Å². The van der Waals surface area contributed by atoms with Crippen LogP contribution in [0.3, 0.4) is 0 Å². The Morgan fingerprint density at radius 2 is 2.24 bits per heavy atom. The summed E-state index contributed by atoms with van der Waals surface area (Å²) in [6.45, 7) is 1.51. The van der Waals surface area contributed by atoms with Gasteiger partial charge in [0, 0.05) is 4.47 Å². The van der Waals surface area contributed by atoms with E-state index in [9.17, 15) is 13.2 Å². The zero-order chi connectivity index (χ0) is 15.7. The molecule has 1 heterocycles. The Labute approximate surface area is 137 Å². The Hall–Kier alpha value is -0.790. The monoisotopic (exact) mass is 395 g/mol. The second-order valence-electron chi connectivity index (χ2n) is 5.31. The zero-order valence-corrected chi connectivity index (χ0v) is 14.5. The third kappa shape index (κ3) is 4.59. The fraction of sp³-hybridized carbons (Fsp3) is 0.462. The van der Waals surface area contributed by atoms with Gasteiger partial charge in [-0.05, 0) is 31.5 Å². The molecule has 5 nitrogen and oxygen atoms in total. The molecule has 0 spiro atoms. The van der Waals surface area contributed by atoms with E-state index in [2.05, 4.69) is 21.2 Å². The van der Waals surface area contributed by atoms with E-state index < -0.39 is 15.4 Å². The first-order valence-electron chi connectivity index (χ1n) is 6.28. The van der Waals surface area contributed by atoms with Crippen LogP contribution in [0.4, 0.5) is 0 Å². The van der Waals surface area contributed by atoms with Crippen LogP contribution in [0.15, 0.2) is 22.7 Å². The molecule has 1 atom stereocenters. The summed E-state index contributed by atoms with van der Waals surface area (Å²) >= 11 is 9.26. The number of hydrogen-bond acceptors (Lipinski definition) is 4. The van der Waals surface area contributed by atoms with Crippen LogP contribution in [-0.2, 0) is 14.6 Å². The summed E-state index contributed by atoms with van der Waals surface area (Å²) in [6.07, 6.45) is 0.417. The van der Waals surface area contributed by atoms with Gasteiger partial charge in [0.15, 0.2) is 16.4 Å². The lowest BCUT2D eigenvalue weighted by Crippen LogP contribution is -2.48. The average molecular weight is 397 g/mol. The largest absolute Gasteiger partial charge is 0.482 e. The van der Waals surface area contributed by atoms with E-state index in [1.807, 2.05) is 0 Å². The smallest absolute Gasteiger partial charge is 0.258 e. The van der Waals surface area contributed by atoms with Gasteiger partial charge in [-0.25, -0.2) is 8.42 Å². The molecule has 0 aromatic heterocycles. The van der Waals surface area contributed by atoms with Gasteiger partial charge in [0.2, 0.25) is 0 Å². The van der Waals surface area contributed by atoms with Crippen molar-refractivity contribution in [3.63, 3.8) is 0 Å². The van der Waals surface area contributed by atoms with Gasteiger partial charge in [0.1, 0.15) is 5.75 Å². The van der Waals surface area contributed by atoms with Gasteiger partial charge < -0.3 is 10.1 Å². The number of amides is 1. The SMILES string of the molecule is C[C@@]1(NC(=O)COc2ccc(Br)cc2Cl)CCS(=O)(=O)C1. The lowest BCUT2D eigenvalue weighted by atomic mass is 10.0. The molecule has 8 heteroatoms. The summed E-state index contributed by atoms with van der Waals surface area (Å²) in [5.74, 6) is 0.0984. The van der Waals surface area contributed by atoms with Crippen LogP contribution in [0.1, 0.15) is 13.3 Å². The molecule has 2 rings (SSSR count). The average Bonchev–Trinajstić information content (AvgIpc) is 2.62. The molecule has 0 unspecified atom stereocenters. The first-order valence-corrected chi connectivity index (χ1v) is 9.28. The third-order valence-corrected chi connectivity index (χ3v) is 5.89. The minimum Gasteiger partial charge on any atom is -0.482 e. The fourth-order valence-electron chi connectivity index (χ4n) is 2.22. The molecule has 21 heavy (non-hydrogen) atoms. The maximum atomic E-state index is 11.9. The van der Waals surface area contributed by atoms with Crippen LogP contribution in [0.2, 0.25) is 5.02 Å². The predicted molar refractivity (Wildman–Crippen MR) is 84.5 cm³/mol. The lowest BCUT2D eigenvalue weighted by molar-refractivity contribution is -0.124. The van der Waals surface area contributed by atoms with Crippen molar-refractivity contribution in [3.05, 3.63) is 27.7 Å². The van der Waals surface area contributed by atoms with Crippen LogP contribution in [0.5, 0.6) is 5.75 Å². The Balaban J connectivity index is 1.91. The molecule has 1 aromatic rings. The Kier molecular flexibility index (Phi) is 4.85. The number of sulfone groups is 1. The number of nitrogens with one attached hydrogen (secondary N) is 1. The molecule has 1 fully saturated rings. The van der Waals surface area contributed by atoms with E-state index in [-0.39, 0.29) is 24.0 Å². The highest BCUT2D eigenvalue weighted by atomic mass is 79.9. The van der Waals surface area contributed by atoms with Gasteiger partial charge in [0.05, 0.1) is 22.1 Å². The molecule has 0 radical (unpaired) electrons. The van der Waals surface area contributed by atoms with E-state index in [1.54, 1.807) is 25.1 Å². The van der Waals surface area contributed by atoms with Crippen molar-refractivity contribution < 1.29 is 17.9 Å². The van der Waals surface area contributed by atoms with Crippen molar-refractivity contribution >= 4 is 43.3 Å². The molecule has 1 aromatic carbocycles. The summed E-state index contributed by atoms with van der Waals surface area (Å²) in [4.78, 5) is 11.9. The van der Waals surface area contributed by atoms with Crippen LogP contribution in [0, 0.1) is 0 Å². The molecular formula is C13H15BrClNO4S. The Morgan fingerprint density at radius 1 is 1.52 bits per heavy atom. The van der Waals surface area contributed by atoms with E-state index in [4.69, 9.17) is 16.3 Å². The summed E-state index contributed by atoms with van der Waals surface area (Å²) in [7, 11) is -3.06. The van der Waals surface area contributed by atoms with Crippen molar-refractivity contribution in [2.45, 2.75) is 18.9 Å². The van der Waals surface area contributed by atoms with Gasteiger partial charge in [-0.1, -0.05) is 27.5 Å². The van der Waals surface area contributed by atoms with Gasteiger partial charge in [-0.15, -0.1) is 0 Å². The van der Waals surface area contributed by atoms with Crippen molar-refractivity contribution in [3.8, 4) is 5.75 Å². The van der Waals surface area contributed by atoms with Gasteiger partial charge >= 0.3 is 0 Å². The maximum absolute atomic E-state index is 11.9. The third-order valence-electron chi connectivity index (χ3n) is 3.20. The van der Waals surface area contributed by atoms with Crippen molar-refractivity contribution in [2.24, 2.45) is 0 Å². The predicted octanol–water partition coefficient (Wildman–Crippen LogP) is 2.17. The summed E-state index contributed by atoms with van der Waals surface area (Å²) in [5, 5.41) is 3.11. The van der Waals surface area contributed by atoms with Crippen LogP contribution >= 0.6 is 27.5 Å². The summed E-state index contributed by atoms with van der Waals surface area (Å²) in [6, 6.07) is 5.07. The zero-order valence-electron chi connectivity index (χ0n) is 11.4. The number of benzene rings is 1. The second-order valence-corrected chi connectivity index (χ2v) is 8.82. The molecule has 116 valence electrons.